The van der Waals surface area contributed by atoms with Gasteiger partial charge in [0.15, 0.2) is 0 Å². The zero-order valence-electron chi connectivity index (χ0n) is 5.05. The minimum absolute atomic E-state index is 0.403. The summed E-state index contributed by atoms with van der Waals surface area (Å²) in [5.41, 5.74) is 1.75. The van der Waals surface area contributed by atoms with Crippen LogP contribution in [0.2, 0.25) is 0 Å². The first-order valence-corrected chi connectivity index (χ1v) is 2.06. The molecule has 11 heavy (non-hydrogen) atoms. The van der Waals surface area contributed by atoms with E-state index in [1.54, 1.807) is 5.43 Å². The lowest BCUT2D eigenvalue weighted by molar-refractivity contribution is -0.192. The van der Waals surface area contributed by atoms with E-state index in [4.69, 9.17) is 14.7 Å². The molecular weight excluding hydrogens is 169 g/mol. The van der Waals surface area contributed by atoms with Gasteiger partial charge in [-0.2, -0.15) is 13.2 Å². The number of carboxylic acid groups (broad SMARTS) is 1. The Balaban J connectivity index is 0. The molecule has 0 spiro atoms. The molecule has 0 saturated carbocycles. The van der Waals surface area contributed by atoms with E-state index in [1.807, 2.05) is 0 Å². The molecular formula is C3H5F3N2O3. The second kappa shape index (κ2) is 5.47. The largest absolute Gasteiger partial charge is 0.490 e. The number of nitrogens with two attached hydrogens (primary N) is 1. The number of carboxylic acids is 1. The highest BCUT2D eigenvalue weighted by Crippen LogP contribution is 2.13. The summed E-state index contributed by atoms with van der Waals surface area (Å²) in [4.78, 5) is 17.8. The number of amides is 1. The molecule has 1 amide bonds. The molecule has 4 N–H and O–H groups in total. The molecule has 0 aromatic heterocycles. The zero-order valence-corrected chi connectivity index (χ0v) is 5.05. The molecule has 5 nitrogen and oxygen atoms in total. The van der Waals surface area contributed by atoms with Crippen molar-refractivity contribution >= 4 is 12.4 Å². The monoisotopic (exact) mass is 174 g/mol. The van der Waals surface area contributed by atoms with Gasteiger partial charge < -0.3 is 5.11 Å². The second-order valence-electron chi connectivity index (χ2n) is 1.09. The quantitative estimate of drug-likeness (QED) is 0.211. The number of hydrogen-bond acceptors (Lipinski definition) is 3. The summed E-state index contributed by atoms with van der Waals surface area (Å²) in [7, 11) is 0. The number of alkyl halides is 3. The molecule has 0 unspecified atom stereocenters. The van der Waals surface area contributed by atoms with Crippen LogP contribution in [-0.4, -0.2) is 23.7 Å². The normalized spacial score (nSPS) is 9.09. The highest BCUT2D eigenvalue weighted by molar-refractivity contribution is 5.73. The average molecular weight is 174 g/mol. The third-order valence-corrected chi connectivity index (χ3v) is 0.311. The van der Waals surface area contributed by atoms with E-state index in [1.165, 1.54) is 0 Å². The van der Waals surface area contributed by atoms with E-state index in [0.717, 1.165) is 0 Å². The Morgan fingerprint density at radius 1 is 1.55 bits per heavy atom. The summed E-state index contributed by atoms with van der Waals surface area (Å²) in [5.74, 6) is 1.65. The summed E-state index contributed by atoms with van der Waals surface area (Å²) in [6.45, 7) is 0. The van der Waals surface area contributed by atoms with Crippen LogP contribution < -0.4 is 11.3 Å². The maximum absolute atomic E-state index is 10.6. The van der Waals surface area contributed by atoms with E-state index in [9.17, 15) is 13.2 Å². The summed E-state index contributed by atoms with van der Waals surface area (Å²) < 4.78 is 31.7. The van der Waals surface area contributed by atoms with Crippen molar-refractivity contribution in [2.45, 2.75) is 6.18 Å². The van der Waals surface area contributed by atoms with Gasteiger partial charge in [0.05, 0.1) is 0 Å². The van der Waals surface area contributed by atoms with E-state index >= 15 is 0 Å². The molecule has 8 heteroatoms. The lowest BCUT2D eigenvalue weighted by Gasteiger charge is -1.93. The Hall–Kier alpha value is -1.31. The Labute approximate surface area is 58.9 Å². The van der Waals surface area contributed by atoms with Crippen molar-refractivity contribution in [2.24, 2.45) is 5.84 Å². The molecule has 0 saturated heterocycles. The predicted octanol–water partition coefficient (Wildman–Crippen LogP) is -0.761. The summed E-state index contributed by atoms with van der Waals surface area (Å²) in [6, 6.07) is 0. The van der Waals surface area contributed by atoms with Gasteiger partial charge in [0, 0.05) is 0 Å². The Morgan fingerprint density at radius 2 is 1.73 bits per heavy atom. The number of nitrogens with one attached hydrogen (secondary N) is 1. The van der Waals surface area contributed by atoms with Gasteiger partial charge in [-0.3, -0.25) is 10.2 Å². The fraction of sp³-hybridized carbons (Fsp3) is 0.333. The van der Waals surface area contributed by atoms with Crippen molar-refractivity contribution < 1.29 is 27.9 Å². The van der Waals surface area contributed by atoms with Crippen molar-refractivity contribution in [1.82, 2.24) is 5.43 Å². The zero-order chi connectivity index (χ0) is 9.49. The predicted molar refractivity (Wildman–Crippen MR) is 27.1 cm³/mol. The highest BCUT2D eigenvalue weighted by atomic mass is 19.4. The smallest absolute Gasteiger partial charge is 0.475 e. The second-order valence-corrected chi connectivity index (χ2v) is 1.09. The van der Waals surface area contributed by atoms with Crippen LogP contribution in [0.1, 0.15) is 0 Å². The number of rotatable bonds is 1. The fourth-order valence-electron chi connectivity index (χ4n) is 0. The van der Waals surface area contributed by atoms with Gasteiger partial charge in [-0.05, 0) is 0 Å². The maximum atomic E-state index is 10.6. The van der Waals surface area contributed by atoms with Crippen LogP contribution in [0, 0.1) is 0 Å². The van der Waals surface area contributed by atoms with Gasteiger partial charge in [0.1, 0.15) is 0 Å². The minimum atomic E-state index is -5.08. The SMILES string of the molecule is NNC=O.O=C(O)C(F)(F)F. The average Bonchev–Trinajstić information content (AvgIpc) is 1.87. The van der Waals surface area contributed by atoms with Gasteiger partial charge in [0.25, 0.3) is 0 Å². The minimum Gasteiger partial charge on any atom is -0.475 e. The van der Waals surface area contributed by atoms with E-state index in [2.05, 4.69) is 5.84 Å². The van der Waals surface area contributed by atoms with Crippen LogP contribution in [0.5, 0.6) is 0 Å². The number of aliphatic carboxylic acids is 1. The molecule has 66 valence electrons. The topological polar surface area (TPSA) is 92.4 Å². The molecule has 0 aliphatic carbocycles. The highest BCUT2D eigenvalue weighted by Gasteiger charge is 2.38. The van der Waals surface area contributed by atoms with Gasteiger partial charge in [-0.15, -0.1) is 0 Å². The summed E-state index contributed by atoms with van der Waals surface area (Å²) in [6.07, 6.45) is -4.68. The number of hydrazine groups is 1. The molecule has 0 heterocycles. The van der Waals surface area contributed by atoms with Crippen LogP contribution in [0.15, 0.2) is 0 Å². The van der Waals surface area contributed by atoms with Gasteiger partial charge in [-0.1, -0.05) is 0 Å². The molecule has 0 rings (SSSR count). The van der Waals surface area contributed by atoms with Crippen molar-refractivity contribution in [3.05, 3.63) is 0 Å². The molecule has 0 aliphatic rings. The molecule has 0 aromatic rings. The Kier molecular flexibility index (Phi) is 6.16. The number of halogens is 3. The van der Waals surface area contributed by atoms with Crippen LogP contribution in [0.25, 0.3) is 0 Å². The van der Waals surface area contributed by atoms with Crippen LogP contribution in [-0.2, 0) is 9.59 Å². The van der Waals surface area contributed by atoms with Crippen LogP contribution in [0.4, 0.5) is 13.2 Å². The summed E-state index contributed by atoms with van der Waals surface area (Å²) >= 11 is 0. The molecule has 0 bridgehead atoms. The third kappa shape index (κ3) is 12.0. The molecule has 0 atom stereocenters. The van der Waals surface area contributed by atoms with Gasteiger partial charge in [0.2, 0.25) is 6.41 Å². The lowest BCUT2D eigenvalue weighted by atomic mass is 10.7. The Bertz CT molecular complexity index is 134. The maximum Gasteiger partial charge on any atom is 0.490 e. The molecule has 0 fully saturated rings. The van der Waals surface area contributed by atoms with Crippen molar-refractivity contribution in [3.63, 3.8) is 0 Å². The van der Waals surface area contributed by atoms with E-state index < -0.39 is 12.1 Å². The van der Waals surface area contributed by atoms with Gasteiger partial charge >= 0.3 is 12.1 Å². The third-order valence-electron chi connectivity index (χ3n) is 0.311. The Morgan fingerprint density at radius 3 is 1.73 bits per heavy atom. The summed E-state index contributed by atoms with van der Waals surface area (Å²) in [5, 5.41) is 7.12. The number of carbonyl (C=O) groups is 2. The van der Waals surface area contributed by atoms with E-state index in [-0.39, 0.29) is 0 Å². The van der Waals surface area contributed by atoms with Crippen LogP contribution in [0.3, 0.4) is 0 Å². The molecule has 0 aliphatic heterocycles. The van der Waals surface area contributed by atoms with Crippen molar-refractivity contribution in [1.29, 1.82) is 0 Å². The molecule has 0 aromatic carbocycles. The standard InChI is InChI=1S/C2HF3O2.CH4N2O/c3-2(4,5)1(6)7;2-3-1-4/h(H,6,7);1H,2H2,(H,3,4). The van der Waals surface area contributed by atoms with Crippen molar-refractivity contribution in [3.8, 4) is 0 Å². The molecule has 0 radical (unpaired) electrons. The van der Waals surface area contributed by atoms with E-state index in [0.29, 0.717) is 6.41 Å². The lowest BCUT2D eigenvalue weighted by Crippen LogP contribution is -2.21. The van der Waals surface area contributed by atoms with Crippen LogP contribution >= 0.6 is 0 Å². The first-order chi connectivity index (χ1) is 4.86. The number of carbonyl (C=O) groups excluding carboxylic acids is 1. The first kappa shape index (κ1) is 12.4. The number of hydrogen-bond donors (Lipinski definition) is 3. The fourth-order valence-corrected chi connectivity index (χ4v) is 0. The van der Waals surface area contributed by atoms with Crippen molar-refractivity contribution in [2.75, 3.05) is 0 Å². The van der Waals surface area contributed by atoms with Gasteiger partial charge in [-0.25, -0.2) is 10.6 Å². The first-order valence-electron chi connectivity index (χ1n) is 2.06.